The van der Waals surface area contributed by atoms with Crippen LogP contribution in [-0.2, 0) is 0 Å². The molecule has 0 aliphatic rings. The molecule has 0 aliphatic carbocycles. The number of nitrogens with zero attached hydrogens (tertiary/aromatic N) is 3. The van der Waals surface area contributed by atoms with Gasteiger partial charge in [-0.1, -0.05) is 13.8 Å². The van der Waals surface area contributed by atoms with Gasteiger partial charge in [0.25, 0.3) is 0 Å². The number of anilines is 2. The number of thiophene rings is 1. The Bertz CT molecular complexity index is 579. The molecule has 2 rings (SSSR count). The van der Waals surface area contributed by atoms with E-state index in [1.165, 1.54) is 4.88 Å². The maximum atomic E-state index is 4.73. The van der Waals surface area contributed by atoms with Gasteiger partial charge in [-0.25, -0.2) is 4.98 Å². The number of hydrogen-bond acceptors (Lipinski definition) is 5. The lowest BCUT2D eigenvalue weighted by molar-refractivity contribution is 0.659. The molecule has 1 atom stereocenters. The van der Waals surface area contributed by atoms with Gasteiger partial charge in [0.15, 0.2) is 0 Å². The molecule has 0 bridgehead atoms. The van der Waals surface area contributed by atoms with Gasteiger partial charge in [0.1, 0.15) is 10.6 Å². The van der Waals surface area contributed by atoms with Crippen molar-refractivity contribution in [2.75, 3.05) is 23.8 Å². The van der Waals surface area contributed by atoms with Crippen molar-refractivity contribution in [3.63, 3.8) is 0 Å². The first-order valence-corrected chi connectivity index (χ1v) is 8.13. The van der Waals surface area contributed by atoms with Gasteiger partial charge >= 0.3 is 0 Å². The van der Waals surface area contributed by atoms with Crippen LogP contribution in [0.3, 0.4) is 0 Å². The fraction of sp³-hybridized carbons (Fsp3) is 0.600. The number of aryl methyl sites for hydroxylation is 1. The van der Waals surface area contributed by atoms with Crippen molar-refractivity contribution in [1.29, 1.82) is 0 Å². The molecule has 2 aromatic rings. The molecule has 1 N–H and O–H groups in total. The molecular formula is C15H24N4S. The van der Waals surface area contributed by atoms with Gasteiger partial charge in [0.05, 0.1) is 5.39 Å². The summed E-state index contributed by atoms with van der Waals surface area (Å²) in [6.45, 7) is 9.61. The molecule has 0 aliphatic heterocycles. The molecule has 0 amide bonds. The highest BCUT2D eigenvalue weighted by Crippen LogP contribution is 2.32. The van der Waals surface area contributed by atoms with Gasteiger partial charge in [-0.3, -0.25) is 0 Å². The minimum atomic E-state index is 0.465. The van der Waals surface area contributed by atoms with Crippen molar-refractivity contribution >= 4 is 33.3 Å². The molecular weight excluding hydrogens is 268 g/mol. The Hall–Kier alpha value is -1.36. The van der Waals surface area contributed by atoms with Crippen LogP contribution in [0.1, 0.15) is 38.5 Å². The van der Waals surface area contributed by atoms with E-state index in [0.717, 1.165) is 41.4 Å². The first kappa shape index (κ1) is 15.0. The Morgan fingerprint density at radius 1 is 1.35 bits per heavy atom. The summed E-state index contributed by atoms with van der Waals surface area (Å²) < 4.78 is 0. The summed E-state index contributed by atoms with van der Waals surface area (Å²) in [5.74, 6) is 1.78. The number of hydrogen-bond donors (Lipinski definition) is 1. The quantitative estimate of drug-likeness (QED) is 0.872. The largest absolute Gasteiger partial charge is 0.356 e. The van der Waals surface area contributed by atoms with Gasteiger partial charge in [0.2, 0.25) is 5.95 Å². The van der Waals surface area contributed by atoms with Crippen LogP contribution in [0.4, 0.5) is 11.8 Å². The molecule has 0 saturated heterocycles. The van der Waals surface area contributed by atoms with Crippen molar-refractivity contribution in [2.45, 2.75) is 46.6 Å². The summed E-state index contributed by atoms with van der Waals surface area (Å²) >= 11 is 1.73. The number of rotatable bonds is 6. The average Bonchev–Trinajstić information content (AvgIpc) is 2.82. The summed E-state index contributed by atoms with van der Waals surface area (Å²) in [7, 11) is 2.12. The molecule has 5 heteroatoms. The van der Waals surface area contributed by atoms with Gasteiger partial charge in [-0.2, -0.15) is 4.98 Å². The molecule has 1 unspecified atom stereocenters. The third-order valence-corrected chi connectivity index (χ3v) is 4.56. The molecule has 4 nitrogen and oxygen atoms in total. The summed E-state index contributed by atoms with van der Waals surface area (Å²) in [5, 5.41) is 4.47. The Kier molecular flexibility index (Phi) is 4.81. The lowest BCUT2D eigenvalue weighted by Crippen LogP contribution is -2.29. The average molecular weight is 292 g/mol. The second-order valence-corrected chi connectivity index (χ2v) is 6.48. The van der Waals surface area contributed by atoms with Crippen LogP contribution in [-0.4, -0.2) is 29.6 Å². The van der Waals surface area contributed by atoms with Crippen molar-refractivity contribution < 1.29 is 0 Å². The van der Waals surface area contributed by atoms with Gasteiger partial charge < -0.3 is 10.2 Å². The predicted molar refractivity (Wildman–Crippen MR) is 89.1 cm³/mol. The first-order valence-electron chi connectivity index (χ1n) is 7.31. The van der Waals surface area contributed by atoms with Crippen LogP contribution < -0.4 is 10.2 Å². The molecule has 20 heavy (non-hydrogen) atoms. The summed E-state index contributed by atoms with van der Waals surface area (Å²) in [6.07, 6.45) is 2.17. The second-order valence-electron chi connectivity index (χ2n) is 5.24. The van der Waals surface area contributed by atoms with Crippen LogP contribution >= 0.6 is 11.3 Å². The lowest BCUT2D eigenvalue weighted by atomic mass is 10.2. The van der Waals surface area contributed by atoms with E-state index in [1.54, 1.807) is 11.3 Å². The maximum Gasteiger partial charge on any atom is 0.226 e. The molecule has 0 aromatic carbocycles. The van der Waals surface area contributed by atoms with Crippen LogP contribution in [0.15, 0.2) is 6.07 Å². The second kappa shape index (κ2) is 6.39. The molecule has 110 valence electrons. The fourth-order valence-corrected chi connectivity index (χ4v) is 2.97. The summed E-state index contributed by atoms with van der Waals surface area (Å²) in [4.78, 5) is 14.0. The first-order chi connectivity index (χ1) is 9.56. The SMILES string of the molecule is CCCNc1nc(N(C)C(C)CC)c2cc(C)sc2n1. The zero-order valence-electron chi connectivity index (χ0n) is 13.0. The van der Waals surface area contributed by atoms with E-state index < -0.39 is 0 Å². The molecule has 2 heterocycles. The number of nitrogens with one attached hydrogen (secondary N) is 1. The smallest absolute Gasteiger partial charge is 0.226 e. The molecule has 0 saturated carbocycles. The minimum absolute atomic E-state index is 0.465. The zero-order valence-corrected chi connectivity index (χ0v) is 13.8. The van der Waals surface area contributed by atoms with Gasteiger partial charge in [-0.15, -0.1) is 11.3 Å². The molecule has 0 spiro atoms. The Morgan fingerprint density at radius 3 is 2.75 bits per heavy atom. The highest BCUT2D eigenvalue weighted by molar-refractivity contribution is 7.18. The molecule has 0 fully saturated rings. The van der Waals surface area contributed by atoms with Crippen molar-refractivity contribution in [1.82, 2.24) is 9.97 Å². The standard InChI is InChI=1S/C15H24N4S/c1-6-8-16-15-17-13(19(5)10(3)7-2)12-9-11(4)20-14(12)18-15/h9-10H,6-8H2,1-5H3,(H,16,17,18). The molecule has 0 radical (unpaired) electrons. The Morgan fingerprint density at radius 2 is 2.10 bits per heavy atom. The normalized spacial score (nSPS) is 12.7. The van der Waals surface area contributed by atoms with E-state index in [0.29, 0.717) is 6.04 Å². The van der Waals surface area contributed by atoms with E-state index in [-0.39, 0.29) is 0 Å². The highest BCUT2D eigenvalue weighted by atomic mass is 32.1. The lowest BCUT2D eigenvalue weighted by Gasteiger charge is -2.25. The van der Waals surface area contributed by atoms with Gasteiger partial charge in [0, 0.05) is 24.5 Å². The molecule has 2 aromatic heterocycles. The number of fused-ring (bicyclic) bond motifs is 1. The zero-order chi connectivity index (χ0) is 14.7. The topological polar surface area (TPSA) is 41.1 Å². The van der Waals surface area contributed by atoms with E-state index in [9.17, 15) is 0 Å². The van der Waals surface area contributed by atoms with Gasteiger partial charge in [-0.05, 0) is 32.8 Å². The van der Waals surface area contributed by atoms with E-state index in [2.05, 4.69) is 56.0 Å². The van der Waals surface area contributed by atoms with Crippen LogP contribution in [0.2, 0.25) is 0 Å². The summed E-state index contributed by atoms with van der Waals surface area (Å²) in [6, 6.07) is 2.66. The Labute approximate surface area is 125 Å². The van der Waals surface area contributed by atoms with E-state index >= 15 is 0 Å². The van der Waals surface area contributed by atoms with Crippen molar-refractivity contribution in [3.8, 4) is 0 Å². The van der Waals surface area contributed by atoms with Crippen molar-refractivity contribution in [2.24, 2.45) is 0 Å². The third-order valence-electron chi connectivity index (χ3n) is 3.62. The highest BCUT2D eigenvalue weighted by Gasteiger charge is 2.16. The third kappa shape index (κ3) is 3.03. The Balaban J connectivity index is 2.48. The summed E-state index contributed by atoms with van der Waals surface area (Å²) in [5.41, 5.74) is 0. The fourth-order valence-electron chi connectivity index (χ4n) is 2.09. The van der Waals surface area contributed by atoms with Crippen LogP contribution in [0.5, 0.6) is 0 Å². The monoisotopic (exact) mass is 292 g/mol. The van der Waals surface area contributed by atoms with E-state index in [1.807, 2.05) is 0 Å². The van der Waals surface area contributed by atoms with Crippen LogP contribution in [0, 0.1) is 6.92 Å². The van der Waals surface area contributed by atoms with E-state index in [4.69, 9.17) is 4.98 Å². The van der Waals surface area contributed by atoms with Crippen LogP contribution in [0.25, 0.3) is 10.2 Å². The number of aromatic nitrogens is 2. The maximum absolute atomic E-state index is 4.73. The van der Waals surface area contributed by atoms with Crippen molar-refractivity contribution in [3.05, 3.63) is 10.9 Å². The minimum Gasteiger partial charge on any atom is -0.356 e. The predicted octanol–water partition coefficient (Wildman–Crippen LogP) is 4.06.